The third-order valence-corrected chi connectivity index (χ3v) is 2.10. The summed E-state index contributed by atoms with van der Waals surface area (Å²) >= 11 is 0. The lowest BCUT2D eigenvalue weighted by Gasteiger charge is -2.05. The lowest BCUT2D eigenvalue weighted by atomic mass is 10.1. The van der Waals surface area contributed by atoms with Gasteiger partial charge in [0.1, 0.15) is 0 Å². The van der Waals surface area contributed by atoms with Gasteiger partial charge < -0.3 is 10.6 Å². The van der Waals surface area contributed by atoms with Gasteiger partial charge in [0.2, 0.25) is 5.91 Å². The van der Waals surface area contributed by atoms with Crippen LogP contribution in [0.2, 0.25) is 0 Å². The highest BCUT2D eigenvalue weighted by Crippen LogP contribution is 2.09. The molecule has 4 heteroatoms. The van der Waals surface area contributed by atoms with Crippen molar-refractivity contribution < 1.29 is 4.79 Å². The van der Waals surface area contributed by atoms with Crippen molar-refractivity contribution in [2.24, 2.45) is 0 Å². The number of hydrogen-bond acceptors (Lipinski definition) is 3. The van der Waals surface area contributed by atoms with Gasteiger partial charge in [-0.15, -0.1) is 6.58 Å². The third kappa shape index (κ3) is 4.96. The van der Waals surface area contributed by atoms with Gasteiger partial charge in [-0.05, 0) is 17.7 Å². The van der Waals surface area contributed by atoms with E-state index in [-0.39, 0.29) is 12.5 Å². The molecule has 0 atom stereocenters. The van der Waals surface area contributed by atoms with Crippen molar-refractivity contribution in [2.45, 2.75) is 6.42 Å². The van der Waals surface area contributed by atoms with Crippen LogP contribution in [0.25, 0.3) is 0 Å². The molecule has 1 amide bonds. The summed E-state index contributed by atoms with van der Waals surface area (Å²) in [7, 11) is 0. The van der Waals surface area contributed by atoms with Gasteiger partial charge in [-0.1, -0.05) is 18.2 Å². The van der Waals surface area contributed by atoms with Crippen molar-refractivity contribution in [2.75, 3.05) is 18.4 Å². The van der Waals surface area contributed by atoms with E-state index >= 15 is 0 Å². The van der Waals surface area contributed by atoms with Crippen LogP contribution in [0.3, 0.4) is 0 Å². The summed E-state index contributed by atoms with van der Waals surface area (Å²) in [4.78, 5) is 11.4. The molecule has 1 rings (SSSR count). The summed E-state index contributed by atoms with van der Waals surface area (Å²) in [5.41, 5.74) is 1.67. The summed E-state index contributed by atoms with van der Waals surface area (Å²) < 4.78 is 0. The van der Waals surface area contributed by atoms with Gasteiger partial charge in [-0.2, -0.15) is 5.26 Å². The number of hydrogen-bond donors (Lipinski definition) is 2. The van der Waals surface area contributed by atoms with Gasteiger partial charge in [0, 0.05) is 12.2 Å². The maximum atomic E-state index is 11.4. The first-order chi connectivity index (χ1) is 8.26. The van der Waals surface area contributed by atoms with Crippen molar-refractivity contribution in [1.29, 1.82) is 5.26 Å². The van der Waals surface area contributed by atoms with E-state index in [1.54, 1.807) is 18.2 Å². The predicted molar refractivity (Wildman–Crippen MR) is 67.5 cm³/mol. The standard InChI is InChI=1S/C13H15N3O/c1-2-9-15-10-13(17)16-12-5-3-11(4-6-12)7-8-14/h2-6,15H,1,7,9-10H2,(H,16,17). The van der Waals surface area contributed by atoms with E-state index in [9.17, 15) is 4.79 Å². The fourth-order valence-corrected chi connectivity index (χ4v) is 1.29. The normalized spacial score (nSPS) is 9.35. The molecule has 0 bridgehead atoms. The van der Waals surface area contributed by atoms with Crippen LogP contribution in [-0.2, 0) is 11.2 Å². The van der Waals surface area contributed by atoms with Crippen molar-refractivity contribution in [1.82, 2.24) is 5.32 Å². The smallest absolute Gasteiger partial charge is 0.238 e. The van der Waals surface area contributed by atoms with Crippen molar-refractivity contribution in [3.63, 3.8) is 0 Å². The minimum absolute atomic E-state index is 0.0973. The Bertz CT molecular complexity index is 417. The number of nitrogens with one attached hydrogen (secondary N) is 2. The molecule has 4 nitrogen and oxygen atoms in total. The molecular formula is C13H15N3O. The molecule has 1 aromatic carbocycles. The van der Waals surface area contributed by atoms with Crippen LogP contribution in [0.15, 0.2) is 36.9 Å². The Balaban J connectivity index is 2.43. The minimum atomic E-state index is -0.0973. The fourth-order valence-electron chi connectivity index (χ4n) is 1.29. The van der Waals surface area contributed by atoms with Crippen LogP contribution < -0.4 is 10.6 Å². The monoisotopic (exact) mass is 229 g/mol. The Morgan fingerprint density at radius 2 is 2.12 bits per heavy atom. The number of carbonyl (C=O) groups excluding carboxylic acids is 1. The maximum Gasteiger partial charge on any atom is 0.238 e. The molecule has 0 saturated heterocycles. The quantitative estimate of drug-likeness (QED) is 0.573. The van der Waals surface area contributed by atoms with E-state index in [2.05, 4.69) is 23.3 Å². The topological polar surface area (TPSA) is 64.9 Å². The lowest BCUT2D eigenvalue weighted by molar-refractivity contribution is -0.115. The molecule has 0 aliphatic rings. The summed E-state index contributed by atoms with van der Waals surface area (Å²) in [5, 5.41) is 14.2. The Kier molecular flexibility index (Phi) is 5.49. The number of nitrogens with zero attached hydrogens (tertiary/aromatic N) is 1. The highest BCUT2D eigenvalue weighted by atomic mass is 16.1. The van der Waals surface area contributed by atoms with E-state index in [0.29, 0.717) is 13.0 Å². The van der Waals surface area contributed by atoms with Gasteiger partial charge in [0.15, 0.2) is 0 Å². The molecule has 0 aromatic heterocycles. The number of nitriles is 1. The molecule has 0 aliphatic carbocycles. The van der Waals surface area contributed by atoms with Gasteiger partial charge in [0.25, 0.3) is 0 Å². The summed E-state index contributed by atoms with van der Waals surface area (Å²) in [6, 6.07) is 9.31. The highest BCUT2D eigenvalue weighted by molar-refractivity contribution is 5.92. The first-order valence-electron chi connectivity index (χ1n) is 5.33. The van der Waals surface area contributed by atoms with Crippen LogP contribution >= 0.6 is 0 Å². The number of rotatable bonds is 6. The second kappa shape index (κ2) is 7.20. The maximum absolute atomic E-state index is 11.4. The first-order valence-corrected chi connectivity index (χ1v) is 5.33. The first kappa shape index (κ1) is 12.9. The molecule has 0 saturated carbocycles. The van der Waals surface area contributed by atoms with Crippen LogP contribution in [-0.4, -0.2) is 19.0 Å². The largest absolute Gasteiger partial charge is 0.325 e. The minimum Gasteiger partial charge on any atom is -0.325 e. The fraction of sp³-hybridized carbons (Fsp3) is 0.231. The van der Waals surface area contributed by atoms with E-state index in [1.807, 2.05) is 12.1 Å². The molecule has 2 N–H and O–H groups in total. The number of benzene rings is 1. The Labute approximate surface area is 101 Å². The van der Waals surface area contributed by atoms with Crippen molar-refractivity contribution >= 4 is 11.6 Å². The van der Waals surface area contributed by atoms with Crippen LogP contribution in [0, 0.1) is 11.3 Å². The average molecular weight is 229 g/mol. The number of amides is 1. The summed E-state index contributed by atoms with van der Waals surface area (Å²) in [5.74, 6) is -0.0973. The SMILES string of the molecule is C=CCNCC(=O)Nc1ccc(CC#N)cc1. The molecule has 0 radical (unpaired) electrons. The zero-order chi connectivity index (χ0) is 12.5. The van der Waals surface area contributed by atoms with Crippen molar-refractivity contribution in [3.05, 3.63) is 42.5 Å². The second-order valence-corrected chi connectivity index (χ2v) is 3.50. The van der Waals surface area contributed by atoms with Gasteiger partial charge in [0.05, 0.1) is 19.0 Å². The zero-order valence-electron chi connectivity index (χ0n) is 9.57. The van der Waals surface area contributed by atoms with Crippen LogP contribution in [0.5, 0.6) is 0 Å². The molecular weight excluding hydrogens is 214 g/mol. The van der Waals surface area contributed by atoms with E-state index in [0.717, 1.165) is 11.3 Å². The molecule has 0 fully saturated rings. The number of anilines is 1. The van der Waals surface area contributed by atoms with E-state index < -0.39 is 0 Å². The Morgan fingerprint density at radius 3 is 2.71 bits per heavy atom. The summed E-state index contributed by atoms with van der Waals surface area (Å²) in [6.45, 7) is 4.41. The molecule has 1 aromatic rings. The third-order valence-electron chi connectivity index (χ3n) is 2.10. The Hall–Kier alpha value is -2.12. The lowest BCUT2D eigenvalue weighted by Crippen LogP contribution is -2.28. The molecule has 0 heterocycles. The average Bonchev–Trinajstić information content (AvgIpc) is 2.32. The molecule has 0 spiro atoms. The second-order valence-electron chi connectivity index (χ2n) is 3.50. The molecule has 0 aliphatic heterocycles. The van der Waals surface area contributed by atoms with Crippen molar-refractivity contribution in [3.8, 4) is 6.07 Å². The van der Waals surface area contributed by atoms with Gasteiger partial charge in [-0.3, -0.25) is 4.79 Å². The summed E-state index contributed by atoms with van der Waals surface area (Å²) in [6.07, 6.45) is 2.08. The van der Waals surface area contributed by atoms with Gasteiger partial charge in [-0.25, -0.2) is 0 Å². The molecule has 0 unspecified atom stereocenters. The molecule has 17 heavy (non-hydrogen) atoms. The predicted octanol–water partition coefficient (Wildman–Crippen LogP) is 1.47. The Morgan fingerprint density at radius 1 is 1.41 bits per heavy atom. The highest BCUT2D eigenvalue weighted by Gasteiger charge is 2.00. The van der Waals surface area contributed by atoms with E-state index in [1.165, 1.54) is 0 Å². The van der Waals surface area contributed by atoms with E-state index in [4.69, 9.17) is 5.26 Å². The number of carbonyl (C=O) groups is 1. The van der Waals surface area contributed by atoms with Crippen LogP contribution in [0.1, 0.15) is 5.56 Å². The van der Waals surface area contributed by atoms with Gasteiger partial charge >= 0.3 is 0 Å². The zero-order valence-corrected chi connectivity index (χ0v) is 9.57. The molecule has 88 valence electrons. The van der Waals surface area contributed by atoms with Crippen LogP contribution in [0.4, 0.5) is 5.69 Å².